The van der Waals surface area contributed by atoms with Crippen molar-refractivity contribution in [1.29, 1.82) is 0 Å². The van der Waals surface area contributed by atoms with Crippen LogP contribution < -0.4 is 0 Å². The number of nitrogens with zero attached hydrogens (tertiary/aromatic N) is 1. The average molecular weight is 237 g/mol. The summed E-state index contributed by atoms with van der Waals surface area (Å²) in [5.74, 6) is -1.09. The Bertz CT molecular complexity index is 385. The highest BCUT2D eigenvalue weighted by molar-refractivity contribution is 5.74. The van der Waals surface area contributed by atoms with E-state index in [-0.39, 0.29) is 5.82 Å². The van der Waals surface area contributed by atoms with Crippen molar-refractivity contribution in [1.82, 2.24) is 4.90 Å². The third-order valence-electron chi connectivity index (χ3n) is 3.21. The number of rotatable bonds is 4. The molecule has 4 heteroatoms. The first-order valence-electron chi connectivity index (χ1n) is 5.88. The monoisotopic (exact) mass is 237 g/mol. The van der Waals surface area contributed by atoms with Crippen molar-refractivity contribution in [2.75, 3.05) is 13.1 Å². The van der Waals surface area contributed by atoms with Gasteiger partial charge >= 0.3 is 5.97 Å². The van der Waals surface area contributed by atoms with E-state index < -0.39 is 12.0 Å². The Morgan fingerprint density at radius 1 is 1.29 bits per heavy atom. The fraction of sp³-hybridized carbons (Fsp3) is 0.462. The van der Waals surface area contributed by atoms with E-state index in [4.69, 9.17) is 0 Å². The third-order valence-corrected chi connectivity index (χ3v) is 3.21. The average Bonchev–Trinajstić information content (AvgIpc) is 2.81. The maximum atomic E-state index is 12.8. The van der Waals surface area contributed by atoms with Crippen LogP contribution in [0.25, 0.3) is 0 Å². The van der Waals surface area contributed by atoms with Gasteiger partial charge in [0.05, 0.1) is 0 Å². The number of aliphatic carboxylic acids is 1. The number of benzene rings is 1. The lowest BCUT2D eigenvalue weighted by atomic mass is 10.0. The van der Waals surface area contributed by atoms with Crippen LogP contribution in [0, 0.1) is 5.82 Å². The van der Waals surface area contributed by atoms with E-state index in [0.717, 1.165) is 31.5 Å². The fourth-order valence-electron chi connectivity index (χ4n) is 2.27. The molecular weight excluding hydrogens is 221 g/mol. The number of carboxylic acid groups (broad SMARTS) is 1. The van der Waals surface area contributed by atoms with Crippen LogP contribution in [0.5, 0.6) is 0 Å². The van der Waals surface area contributed by atoms with Crippen molar-refractivity contribution in [2.45, 2.75) is 25.3 Å². The maximum Gasteiger partial charge on any atom is 0.321 e. The maximum absolute atomic E-state index is 12.8. The largest absolute Gasteiger partial charge is 0.480 e. The number of hydrogen-bond donors (Lipinski definition) is 1. The first kappa shape index (κ1) is 12.0. The predicted molar refractivity (Wildman–Crippen MR) is 62.3 cm³/mol. The molecule has 1 atom stereocenters. The second-order valence-corrected chi connectivity index (χ2v) is 4.43. The standard InChI is InChI=1S/C13H16FNO2/c14-11-5-3-10(4-6-11)9-12(13(16)17)15-7-1-2-8-15/h3-6,12H,1-2,7-9H2,(H,16,17)/t12-/m1/s1. The normalized spacial score (nSPS) is 18.2. The fourth-order valence-corrected chi connectivity index (χ4v) is 2.27. The van der Waals surface area contributed by atoms with Crippen LogP contribution in [0.1, 0.15) is 18.4 Å². The van der Waals surface area contributed by atoms with Crippen molar-refractivity contribution in [2.24, 2.45) is 0 Å². The molecule has 0 radical (unpaired) electrons. The molecule has 1 saturated heterocycles. The Morgan fingerprint density at radius 2 is 1.88 bits per heavy atom. The molecule has 92 valence electrons. The number of halogens is 1. The van der Waals surface area contributed by atoms with Gasteiger partial charge in [0.25, 0.3) is 0 Å². The van der Waals surface area contributed by atoms with Crippen molar-refractivity contribution < 1.29 is 14.3 Å². The molecule has 1 aromatic carbocycles. The van der Waals surface area contributed by atoms with Gasteiger partial charge in [0.15, 0.2) is 0 Å². The van der Waals surface area contributed by atoms with E-state index in [2.05, 4.69) is 0 Å². The summed E-state index contributed by atoms with van der Waals surface area (Å²) in [7, 11) is 0. The number of carboxylic acids is 1. The first-order chi connectivity index (χ1) is 8.16. The minimum atomic E-state index is -0.795. The van der Waals surface area contributed by atoms with Crippen LogP contribution in [0.2, 0.25) is 0 Å². The SMILES string of the molecule is O=C(O)[C@@H](Cc1ccc(F)cc1)N1CCCC1. The molecule has 1 heterocycles. The molecule has 1 fully saturated rings. The summed E-state index contributed by atoms with van der Waals surface area (Å²) in [5, 5.41) is 9.23. The van der Waals surface area contributed by atoms with Gasteiger partial charge in [0.1, 0.15) is 11.9 Å². The lowest BCUT2D eigenvalue weighted by molar-refractivity contribution is -0.142. The molecule has 1 N–H and O–H groups in total. The highest BCUT2D eigenvalue weighted by Crippen LogP contribution is 2.16. The zero-order chi connectivity index (χ0) is 12.3. The van der Waals surface area contributed by atoms with Crippen molar-refractivity contribution >= 4 is 5.97 Å². The van der Waals surface area contributed by atoms with E-state index in [1.54, 1.807) is 12.1 Å². The van der Waals surface area contributed by atoms with Crippen molar-refractivity contribution in [3.05, 3.63) is 35.6 Å². The number of carbonyl (C=O) groups is 1. The summed E-state index contributed by atoms with van der Waals surface area (Å²) in [5.41, 5.74) is 0.866. The predicted octanol–water partition coefficient (Wildman–Crippen LogP) is 1.92. The van der Waals surface area contributed by atoms with Crippen LogP contribution >= 0.6 is 0 Å². The number of likely N-dealkylation sites (tertiary alicyclic amines) is 1. The van der Waals surface area contributed by atoms with Gasteiger partial charge in [0.2, 0.25) is 0 Å². The highest BCUT2D eigenvalue weighted by atomic mass is 19.1. The van der Waals surface area contributed by atoms with E-state index in [0.29, 0.717) is 6.42 Å². The first-order valence-corrected chi connectivity index (χ1v) is 5.88. The molecule has 0 unspecified atom stereocenters. The van der Waals surface area contributed by atoms with E-state index in [1.165, 1.54) is 12.1 Å². The van der Waals surface area contributed by atoms with Crippen LogP contribution in [0.15, 0.2) is 24.3 Å². The third kappa shape index (κ3) is 3.03. The number of hydrogen-bond acceptors (Lipinski definition) is 2. The lowest BCUT2D eigenvalue weighted by Gasteiger charge is -2.23. The molecule has 17 heavy (non-hydrogen) atoms. The molecule has 1 aliphatic rings. The molecule has 1 aromatic rings. The molecule has 0 aliphatic carbocycles. The van der Waals surface area contributed by atoms with Crippen LogP contribution in [0.3, 0.4) is 0 Å². The lowest BCUT2D eigenvalue weighted by Crippen LogP contribution is -2.40. The van der Waals surface area contributed by atoms with Crippen molar-refractivity contribution in [3.8, 4) is 0 Å². The van der Waals surface area contributed by atoms with Gasteiger partial charge in [-0.1, -0.05) is 12.1 Å². The Morgan fingerprint density at radius 3 is 2.41 bits per heavy atom. The van der Waals surface area contributed by atoms with Crippen LogP contribution in [0.4, 0.5) is 4.39 Å². The smallest absolute Gasteiger partial charge is 0.321 e. The summed E-state index contributed by atoms with van der Waals surface area (Å²) >= 11 is 0. The quantitative estimate of drug-likeness (QED) is 0.869. The Labute approximate surface area is 99.9 Å². The summed E-state index contributed by atoms with van der Waals surface area (Å²) in [6.07, 6.45) is 2.57. The zero-order valence-corrected chi connectivity index (χ0v) is 9.60. The molecule has 0 amide bonds. The van der Waals surface area contributed by atoms with Gasteiger partial charge in [-0.3, -0.25) is 9.69 Å². The van der Waals surface area contributed by atoms with Gasteiger partial charge in [0, 0.05) is 0 Å². The Kier molecular flexibility index (Phi) is 3.74. The second kappa shape index (κ2) is 5.27. The van der Waals surface area contributed by atoms with Crippen molar-refractivity contribution in [3.63, 3.8) is 0 Å². The minimum absolute atomic E-state index is 0.290. The molecule has 1 aliphatic heterocycles. The van der Waals surface area contributed by atoms with E-state index in [9.17, 15) is 14.3 Å². The van der Waals surface area contributed by atoms with E-state index in [1.807, 2.05) is 4.90 Å². The topological polar surface area (TPSA) is 40.5 Å². The van der Waals surface area contributed by atoms with Gasteiger partial charge in [-0.15, -0.1) is 0 Å². The second-order valence-electron chi connectivity index (χ2n) is 4.43. The molecular formula is C13H16FNO2. The summed E-state index contributed by atoms with van der Waals surface area (Å²) in [6.45, 7) is 1.69. The van der Waals surface area contributed by atoms with Gasteiger partial charge in [-0.05, 0) is 50.0 Å². The molecule has 0 aromatic heterocycles. The highest BCUT2D eigenvalue weighted by Gasteiger charge is 2.27. The Balaban J connectivity index is 2.06. The molecule has 2 rings (SSSR count). The van der Waals surface area contributed by atoms with Gasteiger partial charge < -0.3 is 5.11 Å². The van der Waals surface area contributed by atoms with E-state index >= 15 is 0 Å². The molecule has 3 nitrogen and oxygen atoms in total. The molecule has 0 bridgehead atoms. The minimum Gasteiger partial charge on any atom is -0.480 e. The zero-order valence-electron chi connectivity index (χ0n) is 9.60. The summed E-state index contributed by atoms with van der Waals surface area (Å²) < 4.78 is 12.8. The van der Waals surface area contributed by atoms with Gasteiger partial charge in [-0.2, -0.15) is 0 Å². The van der Waals surface area contributed by atoms with Crippen LogP contribution in [-0.4, -0.2) is 35.1 Å². The summed E-state index contributed by atoms with van der Waals surface area (Å²) in [6, 6.07) is 5.57. The Hall–Kier alpha value is -1.42. The summed E-state index contributed by atoms with van der Waals surface area (Å²) in [4.78, 5) is 13.2. The van der Waals surface area contributed by atoms with Gasteiger partial charge in [-0.25, -0.2) is 4.39 Å². The van der Waals surface area contributed by atoms with Crippen LogP contribution in [-0.2, 0) is 11.2 Å². The molecule has 0 spiro atoms. The molecule has 0 saturated carbocycles.